The molecule has 0 amide bonds. The smallest absolute Gasteiger partial charge is 0.303 e. The van der Waals surface area contributed by atoms with Gasteiger partial charge in [0.2, 0.25) is 0 Å². The van der Waals surface area contributed by atoms with E-state index >= 15 is 0 Å². The van der Waals surface area contributed by atoms with Crippen LogP contribution in [0.25, 0.3) is 0 Å². The molecule has 1 unspecified atom stereocenters. The maximum absolute atomic E-state index is 12.3. The SMILES string of the molecule is CC(=O)OC[C@H]1OC(O)[C@H](OC(C)=O)[C@@H](OC(C)=O)[C@@H]1O[C@@H]1O[C@@H]2CO[C@H](c3ccccc3)O[C@@H]2[C@H](OC(C)=O)[C@H]1OC(C)=O. The third kappa shape index (κ3) is 8.74. The number of ether oxygens (including phenoxy) is 10. The van der Waals surface area contributed by atoms with Gasteiger partial charge < -0.3 is 52.5 Å². The van der Waals surface area contributed by atoms with Crippen LogP contribution in [0, 0.1) is 0 Å². The number of carbonyl (C=O) groups excluding carboxylic acids is 5. The van der Waals surface area contributed by atoms with E-state index in [0.717, 1.165) is 34.6 Å². The highest BCUT2D eigenvalue weighted by Gasteiger charge is 2.57. The Kier molecular flexibility index (Phi) is 11.5. The number of hydrogen-bond donors (Lipinski definition) is 1. The van der Waals surface area contributed by atoms with Gasteiger partial charge in [-0.05, 0) is 0 Å². The maximum Gasteiger partial charge on any atom is 0.303 e. The molecule has 3 fully saturated rings. The van der Waals surface area contributed by atoms with Crippen LogP contribution in [-0.2, 0) is 71.3 Å². The highest BCUT2D eigenvalue weighted by Crippen LogP contribution is 2.38. The molecule has 4 rings (SSSR count). The quantitative estimate of drug-likeness (QED) is 0.284. The number of esters is 5. The first-order valence-electron chi connectivity index (χ1n) is 14.1. The molecule has 45 heavy (non-hydrogen) atoms. The van der Waals surface area contributed by atoms with Crippen molar-refractivity contribution in [3.8, 4) is 0 Å². The van der Waals surface area contributed by atoms with Crippen molar-refractivity contribution >= 4 is 29.8 Å². The molecule has 1 N–H and O–H groups in total. The fourth-order valence-electron chi connectivity index (χ4n) is 5.27. The molecule has 3 saturated heterocycles. The lowest BCUT2D eigenvalue weighted by Crippen LogP contribution is -2.67. The monoisotopic (exact) mass is 640 g/mol. The molecule has 0 radical (unpaired) electrons. The van der Waals surface area contributed by atoms with Crippen molar-refractivity contribution in [2.75, 3.05) is 13.2 Å². The topological polar surface area (TPSA) is 198 Å². The molecule has 11 atom stereocenters. The fraction of sp³-hybridized carbons (Fsp3) is 0.621. The summed E-state index contributed by atoms with van der Waals surface area (Å²) in [6.45, 7) is 4.97. The third-order valence-electron chi connectivity index (χ3n) is 6.92. The predicted molar refractivity (Wildman–Crippen MR) is 143 cm³/mol. The Labute approximate surface area is 258 Å². The standard InChI is InChI=1S/C29H36O16/c1-13(30)36-11-19-21(23(38-14(2)31)25(27(35)42-19)40-16(4)33)45-29-26(41-17(5)34)24(39-15(3)32)22-20(43-29)12-37-28(44-22)18-9-7-6-8-10-18/h6-10,19-29,35H,11-12H2,1-5H3/t19-,20-,21-,22+,23+,24+,25-,26-,27?,28+,29+/m1/s1. The van der Waals surface area contributed by atoms with Gasteiger partial charge in [-0.1, -0.05) is 30.3 Å². The first-order chi connectivity index (χ1) is 21.3. The van der Waals surface area contributed by atoms with Crippen molar-refractivity contribution in [3.63, 3.8) is 0 Å². The Hall–Kier alpha value is -3.67. The molecule has 3 aliphatic heterocycles. The lowest BCUT2D eigenvalue weighted by Gasteiger charge is -2.50. The van der Waals surface area contributed by atoms with Gasteiger partial charge in [0.05, 0.1) is 6.61 Å². The fourth-order valence-corrected chi connectivity index (χ4v) is 5.27. The van der Waals surface area contributed by atoms with E-state index in [1.807, 2.05) is 6.07 Å². The molecule has 0 spiro atoms. The Bertz CT molecular complexity index is 1220. The van der Waals surface area contributed by atoms with Crippen LogP contribution in [0.5, 0.6) is 0 Å². The second-order valence-electron chi connectivity index (χ2n) is 10.5. The van der Waals surface area contributed by atoms with Gasteiger partial charge in [-0.3, -0.25) is 24.0 Å². The zero-order chi connectivity index (χ0) is 32.8. The minimum atomic E-state index is -1.83. The highest BCUT2D eigenvalue weighted by atomic mass is 16.8. The summed E-state index contributed by atoms with van der Waals surface area (Å²) in [5.41, 5.74) is 0.673. The molecular weight excluding hydrogens is 604 g/mol. The molecule has 1 aromatic rings. The average molecular weight is 641 g/mol. The number of hydrogen-bond acceptors (Lipinski definition) is 16. The molecule has 248 valence electrons. The van der Waals surface area contributed by atoms with Crippen LogP contribution in [0.4, 0.5) is 0 Å². The molecule has 0 aromatic heterocycles. The van der Waals surface area contributed by atoms with Crippen molar-refractivity contribution in [1.29, 1.82) is 0 Å². The van der Waals surface area contributed by atoms with Crippen LogP contribution < -0.4 is 0 Å². The van der Waals surface area contributed by atoms with Crippen molar-refractivity contribution in [3.05, 3.63) is 35.9 Å². The lowest BCUT2D eigenvalue weighted by atomic mass is 9.95. The Balaban J connectivity index is 1.70. The first kappa shape index (κ1) is 34.2. The molecule has 3 aliphatic rings. The summed E-state index contributed by atoms with van der Waals surface area (Å²) in [6, 6.07) is 8.95. The van der Waals surface area contributed by atoms with Gasteiger partial charge in [0.25, 0.3) is 0 Å². The third-order valence-corrected chi connectivity index (χ3v) is 6.92. The number of aliphatic hydroxyl groups excluding tert-OH is 1. The van der Waals surface area contributed by atoms with E-state index in [4.69, 9.17) is 47.4 Å². The van der Waals surface area contributed by atoms with Crippen LogP contribution in [0.2, 0.25) is 0 Å². The second kappa shape index (κ2) is 15.1. The van der Waals surface area contributed by atoms with Gasteiger partial charge >= 0.3 is 29.8 Å². The Morgan fingerprint density at radius 3 is 1.89 bits per heavy atom. The lowest BCUT2D eigenvalue weighted by molar-refractivity contribution is -0.384. The largest absolute Gasteiger partial charge is 0.463 e. The minimum Gasteiger partial charge on any atom is -0.463 e. The number of fused-ring (bicyclic) bond motifs is 1. The molecule has 0 aliphatic carbocycles. The maximum atomic E-state index is 12.3. The van der Waals surface area contributed by atoms with Gasteiger partial charge in [0.15, 0.2) is 43.3 Å². The van der Waals surface area contributed by atoms with E-state index in [9.17, 15) is 29.1 Å². The van der Waals surface area contributed by atoms with Crippen LogP contribution in [0.1, 0.15) is 46.5 Å². The summed E-state index contributed by atoms with van der Waals surface area (Å²) < 4.78 is 56.9. The van der Waals surface area contributed by atoms with Crippen LogP contribution in [0.3, 0.4) is 0 Å². The van der Waals surface area contributed by atoms with Crippen LogP contribution in [-0.4, -0.2) is 110 Å². The molecule has 1 aromatic carbocycles. The number of rotatable bonds is 9. The van der Waals surface area contributed by atoms with E-state index in [1.54, 1.807) is 24.3 Å². The molecular formula is C29H36O16. The van der Waals surface area contributed by atoms with E-state index in [2.05, 4.69) is 0 Å². The van der Waals surface area contributed by atoms with E-state index in [1.165, 1.54) is 0 Å². The number of carbonyl (C=O) groups is 5. The average Bonchev–Trinajstić information content (AvgIpc) is 2.96. The van der Waals surface area contributed by atoms with Gasteiger partial charge in [-0.25, -0.2) is 0 Å². The van der Waals surface area contributed by atoms with Gasteiger partial charge in [0.1, 0.15) is 31.0 Å². The molecule has 0 bridgehead atoms. The van der Waals surface area contributed by atoms with Gasteiger partial charge in [0, 0.05) is 40.2 Å². The summed E-state index contributed by atoms with van der Waals surface area (Å²) in [5, 5.41) is 10.7. The first-order valence-corrected chi connectivity index (χ1v) is 14.1. The van der Waals surface area contributed by atoms with Crippen molar-refractivity contribution in [1.82, 2.24) is 0 Å². The zero-order valence-electron chi connectivity index (χ0n) is 25.2. The van der Waals surface area contributed by atoms with E-state index < -0.39 is 104 Å². The molecule has 16 nitrogen and oxygen atoms in total. The highest BCUT2D eigenvalue weighted by molar-refractivity contribution is 5.68. The zero-order valence-corrected chi connectivity index (χ0v) is 25.2. The van der Waals surface area contributed by atoms with Crippen LogP contribution >= 0.6 is 0 Å². The summed E-state index contributed by atoms with van der Waals surface area (Å²) in [5.74, 6) is -3.91. The van der Waals surface area contributed by atoms with Crippen molar-refractivity contribution in [2.45, 2.75) is 102 Å². The van der Waals surface area contributed by atoms with E-state index in [-0.39, 0.29) is 6.61 Å². The Morgan fingerprint density at radius 1 is 0.711 bits per heavy atom. The van der Waals surface area contributed by atoms with E-state index in [0.29, 0.717) is 5.56 Å². The second-order valence-corrected chi connectivity index (χ2v) is 10.5. The van der Waals surface area contributed by atoms with Gasteiger partial charge in [-0.15, -0.1) is 0 Å². The predicted octanol–water partition coefficient (Wildman–Crippen LogP) is 0.218. The molecule has 16 heteroatoms. The summed E-state index contributed by atoms with van der Waals surface area (Å²) in [6.07, 6.45) is -14.9. The van der Waals surface area contributed by atoms with Crippen molar-refractivity contribution < 1.29 is 76.4 Å². The van der Waals surface area contributed by atoms with Gasteiger partial charge in [-0.2, -0.15) is 0 Å². The number of benzene rings is 1. The van der Waals surface area contributed by atoms with Crippen LogP contribution in [0.15, 0.2) is 30.3 Å². The molecule has 0 saturated carbocycles. The Morgan fingerprint density at radius 2 is 1.29 bits per heavy atom. The summed E-state index contributed by atoms with van der Waals surface area (Å²) in [7, 11) is 0. The number of aliphatic hydroxyl groups is 1. The summed E-state index contributed by atoms with van der Waals surface area (Å²) >= 11 is 0. The van der Waals surface area contributed by atoms with Crippen molar-refractivity contribution in [2.24, 2.45) is 0 Å². The minimum absolute atomic E-state index is 0.0746. The summed E-state index contributed by atoms with van der Waals surface area (Å²) in [4.78, 5) is 60.3. The normalized spacial score (nSPS) is 34.4. The molecule has 3 heterocycles.